The largest absolute Gasteiger partial charge is 0.379 e. The molecule has 2 aromatic rings. The number of nitrogens with zero attached hydrogens (tertiary/aromatic N) is 1. The van der Waals surface area contributed by atoms with E-state index in [9.17, 15) is 8.42 Å². The SMILES string of the molecule is O=S(=O)(C[C@@H](c1ccccc1)N1CCOCC1)c1ccc(Cl)cc1. The predicted octanol–water partition coefficient (Wildman–Crippen LogP) is 3.19. The highest BCUT2D eigenvalue weighted by atomic mass is 35.5. The fourth-order valence-electron chi connectivity index (χ4n) is 2.92. The molecule has 1 aliphatic heterocycles. The number of hydrogen-bond acceptors (Lipinski definition) is 4. The molecule has 4 nitrogen and oxygen atoms in total. The molecule has 24 heavy (non-hydrogen) atoms. The van der Waals surface area contributed by atoms with Gasteiger partial charge in [-0.3, -0.25) is 4.90 Å². The van der Waals surface area contributed by atoms with E-state index in [1.807, 2.05) is 30.3 Å². The summed E-state index contributed by atoms with van der Waals surface area (Å²) < 4.78 is 31.1. The number of sulfone groups is 1. The van der Waals surface area contributed by atoms with Crippen molar-refractivity contribution in [3.8, 4) is 0 Å². The summed E-state index contributed by atoms with van der Waals surface area (Å²) in [6.45, 7) is 2.72. The molecule has 1 fully saturated rings. The van der Waals surface area contributed by atoms with Gasteiger partial charge in [0.15, 0.2) is 9.84 Å². The Kier molecular flexibility index (Phi) is 5.56. The van der Waals surface area contributed by atoms with Gasteiger partial charge < -0.3 is 4.74 Å². The number of ether oxygens (including phenoxy) is 1. The van der Waals surface area contributed by atoms with Crippen LogP contribution in [0.25, 0.3) is 0 Å². The van der Waals surface area contributed by atoms with Crippen molar-refractivity contribution >= 4 is 21.4 Å². The first kappa shape index (κ1) is 17.4. The summed E-state index contributed by atoms with van der Waals surface area (Å²) in [5.74, 6) is 0.0403. The Labute approximate surface area is 147 Å². The second-order valence-electron chi connectivity index (χ2n) is 5.81. The Morgan fingerprint density at radius 2 is 1.62 bits per heavy atom. The minimum Gasteiger partial charge on any atom is -0.379 e. The third-order valence-corrected chi connectivity index (χ3v) is 6.22. The molecule has 0 unspecified atom stereocenters. The normalized spacial score (nSPS) is 17.5. The van der Waals surface area contributed by atoms with Crippen molar-refractivity contribution in [3.63, 3.8) is 0 Å². The summed E-state index contributed by atoms with van der Waals surface area (Å²) in [7, 11) is -3.41. The quantitative estimate of drug-likeness (QED) is 0.816. The van der Waals surface area contributed by atoms with Crippen LogP contribution in [0.5, 0.6) is 0 Å². The van der Waals surface area contributed by atoms with Gasteiger partial charge >= 0.3 is 0 Å². The lowest BCUT2D eigenvalue weighted by Crippen LogP contribution is -2.41. The number of rotatable bonds is 5. The van der Waals surface area contributed by atoms with Gasteiger partial charge in [-0.25, -0.2) is 8.42 Å². The number of morpholine rings is 1. The molecule has 0 N–H and O–H groups in total. The Morgan fingerprint density at radius 1 is 1.00 bits per heavy atom. The molecule has 1 aliphatic rings. The van der Waals surface area contributed by atoms with Crippen LogP contribution in [-0.4, -0.2) is 45.4 Å². The van der Waals surface area contributed by atoms with Gasteiger partial charge in [0.25, 0.3) is 0 Å². The maximum atomic E-state index is 12.9. The maximum Gasteiger partial charge on any atom is 0.180 e. The Hall–Kier alpha value is -1.40. The fraction of sp³-hybridized carbons (Fsp3) is 0.333. The van der Waals surface area contributed by atoms with Crippen LogP contribution in [0.15, 0.2) is 59.5 Å². The zero-order chi connectivity index (χ0) is 17.0. The monoisotopic (exact) mass is 365 g/mol. The lowest BCUT2D eigenvalue weighted by Gasteiger charge is -2.34. The lowest BCUT2D eigenvalue weighted by atomic mass is 10.1. The van der Waals surface area contributed by atoms with Gasteiger partial charge in [0, 0.05) is 24.2 Å². The van der Waals surface area contributed by atoms with Crippen LogP contribution < -0.4 is 0 Å². The zero-order valence-corrected chi connectivity index (χ0v) is 14.8. The van der Waals surface area contributed by atoms with Gasteiger partial charge in [-0.2, -0.15) is 0 Å². The minimum absolute atomic E-state index is 0.0403. The fourth-order valence-corrected chi connectivity index (χ4v) is 4.61. The Bertz CT molecular complexity index is 757. The Morgan fingerprint density at radius 3 is 2.25 bits per heavy atom. The number of hydrogen-bond donors (Lipinski definition) is 0. The third-order valence-electron chi connectivity index (χ3n) is 4.22. The van der Waals surface area contributed by atoms with Gasteiger partial charge in [-0.1, -0.05) is 41.9 Å². The van der Waals surface area contributed by atoms with Crippen molar-refractivity contribution in [1.82, 2.24) is 4.90 Å². The first-order chi connectivity index (χ1) is 11.6. The topological polar surface area (TPSA) is 46.6 Å². The molecule has 0 aliphatic carbocycles. The molecule has 1 saturated heterocycles. The molecule has 6 heteroatoms. The number of benzene rings is 2. The van der Waals surface area contributed by atoms with E-state index in [1.165, 1.54) is 0 Å². The second-order valence-corrected chi connectivity index (χ2v) is 8.28. The second kappa shape index (κ2) is 7.66. The molecule has 1 heterocycles. The van der Waals surface area contributed by atoms with Crippen LogP contribution in [0, 0.1) is 0 Å². The summed E-state index contributed by atoms with van der Waals surface area (Å²) >= 11 is 5.87. The first-order valence-electron chi connectivity index (χ1n) is 7.91. The first-order valence-corrected chi connectivity index (χ1v) is 9.94. The number of halogens is 1. The summed E-state index contributed by atoms with van der Waals surface area (Å²) in [6, 6.07) is 16.0. The summed E-state index contributed by atoms with van der Waals surface area (Å²) in [5, 5.41) is 0.529. The molecule has 0 amide bonds. The van der Waals surface area contributed by atoms with Crippen LogP contribution in [0.4, 0.5) is 0 Å². The molecule has 1 atom stereocenters. The molecule has 2 aromatic carbocycles. The van der Waals surface area contributed by atoms with E-state index in [1.54, 1.807) is 24.3 Å². The van der Waals surface area contributed by atoms with Crippen molar-refractivity contribution in [2.24, 2.45) is 0 Å². The average Bonchev–Trinajstić information content (AvgIpc) is 2.62. The van der Waals surface area contributed by atoms with E-state index < -0.39 is 9.84 Å². The third kappa shape index (κ3) is 4.16. The Balaban J connectivity index is 1.89. The molecule has 0 aromatic heterocycles. The van der Waals surface area contributed by atoms with E-state index in [2.05, 4.69) is 4.90 Å². The van der Waals surface area contributed by atoms with Crippen LogP contribution in [0.2, 0.25) is 5.02 Å². The van der Waals surface area contributed by atoms with E-state index in [-0.39, 0.29) is 11.8 Å². The van der Waals surface area contributed by atoms with Crippen molar-refractivity contribution in [2.45, 2.75) is 10.9 Å². The molecule has 0 saturated carbocycles. The standard InChI is InChI=1S/C18H20ClNO3S/c19-16-6-8-17(9-7-16)24(21,22)14-18(15-4-2-1-3-5-15)20-10-12-23-13-11-20/h1-9,18H,10-14H2/t18-/m0/s1. The van der Waals surface area contributed by atoms with Gasteiger partial charge in [0.05, 0.1) is 23.9 Å². The van der Waals surface area contributed by atoms with E-state index in [0.717, 1.165) is 18.7 Å². The van der Waals surface area contributed by atoms with Gasteiger partial charge in [-0.05, 0) is 29.8 Å². The smallest absolute Gasteiger partial charge is 0.180 e. The van der Waals surface area contributed by atoms with Crippen molar-refractivity contribution in [1.29, 1.82) is 0 Å². The van der Waals surface area contributed by atoms with Crippen LogP contribution in [0.1, 0.15) is 11.6 Å². The molecule has 0 spiro atoms. The molecule has 0 radical (unpaired) electrons. The molecular weight excluding hydrogens is 346 g/mol. The minimum atomic E-state index is -3.41. The van der Waals surface area contributed by atoms with E-state index >= 15 is 0 Å². The van der Waals surface area contributed by atoms with E-state index in [4.69, 9.17) is 16.3 Å². The lowest BCUT2D eigenvalue weighted by molar-refractivity contribution is 0.0205. The summed E-state index contributed by atoms with van der Waals surface area (Å²) in [6.07, 6.45) is 0. The molecule has 0 bridgehead atoms. The summed E-state index contributed by atoms with van der Waals surface area (Å²) in [4.78, 5) is 2.49. The van der Waals surface area contributed by atoms with Gasteiger partial charge in [0.2, 0.25) is 0 Å². The molecular formula is C18H20ClNO3S. The predicted molar refractivity (Wildman–Crippen MR) is 95.1 cm³/mol. The zero-order valence-electron chi connectivity index (χ0n) is 13.3. The van der Waals surface area contributed by atoms with Crippen molar-refractivity contribution < 1.29 is 13.2 Å². The van der Waals surface area contributed by atoms with Crippen LogP contribution in [0.3, 0.4) is 0 Å². The molecule has 3 rings (SSSR count). The van der Waals surface area contributed by atoms with Crippen molar-refractivity contribution in [2.75, 3.05) is 32.1 Å². The van der Waals surface area contributed by atoms with Crippen molar-refractivity contribution in [3.05, 3.63) is 65.2 Å². The van der Waals surface area contributed by atoms with Crippen LogP contribution >= 0.6 is 11.6 Å². The van der Waals surface area contributed by atoms with Gasteiger partial charge in [-0.15, -0.1) is 0 Å². The average molecular weight is 366 g/mol. The van der Waals surface area contributed by atoms with E-state index in [0.29, 0.717) is 23.1 Å². The van der Waals surface area contributed by atoms with Crippen LogP contribution in [-0.2, 0) is 14.6 Å². The molecule has 128 valence electrons. The van der Waals surface area contributed by atoms with Gasteiger partial charge in [0.1, 0.15) is 0 Å². The highest BCUT2D eigenvalue weighted by Gasteiger charge is 2.28. The summed E-state index contributed by atoms with van der Waals surface area (Å²) in [5.41, 5.74) is 1.01. The highest BCUT2D eigenvalue weighted by molar-refractivity contribution is 7.91. The maximum absolute atomic E-state index is 12.9. The highest BCUT2D eigenvalue weighted by Crippen LogP contribution is 2.27.